The van der Waals surface area contributed by atoms with Crippen molar-refractivity contribution in [1.82, 2.24) is 4.90 Å². The van der Waals surface area contributed by atoms with Crippen molar-refractivity contribution in [2.24, 2.45) is 5.73 Å². The zero-order valence-corrected chi connectivity index (χ0v) is 11.9. The lowest BCUT2D eigenvalue weighted by Gasteiger charge is -2.19. The number of hydrogen-bond acceptors (Lipinski definition) is 4. The molecule has 1 aromatic carbocycles. The predicted octanol–water partition coefficient (Wildman–Crippen LogP) is 0.507. The van der Waals surface area contributed by atoms with Crippen LogP contribution in [0.15, 0.2) is 24.3 Å². The molecule has 0 aliphatic carbocycles. The fourth-order valence-electron chi connectivity index (χ4n) is 1.55. The summed E-state index contributed by atoms with van der Waals surface area (Å²) in [5.41, 5.74) is 4.97. The van der Waals surface area contributed by atoms with Crippen LogP contribution in [0.4, 0.5) is 0 Å². The zero-order chi connectivity index (χ0) is 15.8. The number of amides is 2. The first-order valence-corrected chi connectivity index (χ1v) is 6.43. The van der Waals surface area contributed by atoms with E-state index in [-0.39, 0.29) is 13.0 Å². The van der Waals surface area contributed by atoms with Gasteiger partial charge in [-0.2, -0.15) is 0 Å². The number of carboxylic acid groups (broad SMARTS) is 1. The quantitative estimate of drug-likeness (QED) is 0.726. The van der Waals surface area contributed by atoms with Crippen molar-refractivity contribution in [2.45, 2.75) is 6.42 Å². The smallest absolute Gasteiger partial charge is 0.323 e. The SMILES string of the molecule is NC(=O)CN(CC(=O)O)C(=O)CCOc1ccccc1Cl. The molecule has 0 saturated heterocycles. The summed E-state index contributed by atoms with van der Waals surface area (Å²) in [6, 6.07) is 6.75. The average molecular weight is 315 g/mol. The van der Waals surface area contributed by atoms with Gasteiger partial charge in [-0.05, 0) is 12.1 Å². The molecule has 0 bridgehead atoms. The van der Waals surface area contributed by atoms with Gasteiger partial charge in [-0.15, -0.1) is 0 Å². The number of ether oxygens (including phenoxy) is 1. The summed E-state index contributed by atoms with van der Waals surface area (Å²) in [4.78, 5) is 34.2. The van der Waals surface area contributed by atoms with Crippen LogP contribution >= 0.6 is 11.6 Å². The summed E-state index contributed by atoms with van der Waals surface area (Å²) in [5.74, 6) is -2.12. The van der Waals surface area contributed by atoms with E-state index in [0.29, 0.717) is 10.8 Å². The number of hydrogen-bond donors (Lipinski definition) is 2. The number of rotatable bonds is 8. The van der Waals surface area contributed by atoms with Crippen molar-refractivity contribution >= 4 is 29.4 Å². The Morgan fingerprint density at radius 1 is 1.24 bits per heavy atom. The summed E-state index contributed by atoms with van der Waals surface area (Å²) in [7, 11) is 0. The molecule has 8 heteroatoms. The Morgan fingerprint density at radius 2 is 1.90 bits per heavy atom. The van der Waals surface area contributed by atoms with Gasteiger partial charge in [0.25, 0.3) is 0 Å². The Labute approximate surface area is 126 Å². The van der Waals surface area contributed by atoms with Gasteiger partial charge < -0.3 is 20.5 Å². The topological polar surface area (TPSA) is 110 Å². The van der Waals surface area contributed by atoms with Crippen molar-refractivity contribution < 1.29 is 24.2 Å². The molecule has 0 unspecified atom stereocenters. The molecule has 21 heavy (non-hydrogen) atoms. The molecule has 114 valence electrons. The molecule has 0 aliphatic heterocycles. The molecular weight excluding hydrogens is 300 g/mol. The maximum atomic E-state index is 11.8. The highest BCUT2D eigenvalue weighted by Gasteiger charge is 2.18. The van der Waals surface area contributed by atoms with E-state index in [1.165, 1.54) is 0 Å². The van der Waals surface area contributed by atoms with Crippen LogP contribution in [0.25, 0.3) is 0 Å². The molecule has 0 aromatic heterocycles. The molecule has 0 fully saturated rings. The van der Waals surface area contributed by atoms with E-state index < -0.39 is 30.9 Å². The van der Waals surface area contributed by atoms with Crippen LogP contribution in [0, 0.1) is 0 Å². The number of carboxylic acids is 1. The van der Waals surface area contributed by atoms with Crippen molar-refractivity contribution in [3.05, 3.63) is 29.3 Å². The molecular formula is C13H15ClN2O5. The van der Waals surface area contributed by atoms with Gasteiger partial charge in [-0.25, -0.2) is 0 Å². The van der Waals surface area contributed by atoms with Crippen molar-refractivity contribution in [2.75, 3.05) is 19.7 Å². The maximum Gasteiger partial charge on any atom is 0.323 e. The van der Waals surface area contributed by atoms with Gasteiger partial charge in [-0.1, -0.05) is 23.7 Å². The molecule has 0 saturated carbocycles. The molecule has 2 amide bonds. The van der Waals surface area contributed by atoms with Crippen LogP contribution in [0.1, 0.15) is 6.42 Å². The second kappa shape index (κ2) is 8.11. The first-order valence-electron chi connectivity index (χ1n) is 6.05. The molecule has 0 radical (unpaired) electrons. The Hall–Kier alpha value is -2.28. The van der Waals surface area contributed by atoms with Gasteiger partial charge in [0.05, 0.1) is 24.6 Å². The minimum atomic E-state index is -1.23. The third-order valence-electron chi connectivity index (χ3n) is 2.44. The predicted molar refractivity (Wildman–Crippen MR) is 75.0 cm³/mol. The highest BCUT2D eigenvalue weighted by Crippen LogP contribution is 2.23. The van der Waals surface area contributed by atoms with Gasteiger partial charge in [0.1, 0.15) is 12.3 Å². The summed E-state index contributed by atoms with van der Waals surface area (Å²) in [6.45, 7) is -1.03. The van der Waals surface area contributed by atoms with E-state index in [1.807, 2.05) is 0 Å². The lowest BCUT2D eigenvalue weighted by atomic mass is 10.3. The van der Waals surface area contributed by atoms with Crippen molar-refractivity contribution in [3.63, 3.8) is 0 Å². The first kappa shape index (κ1) is 16.8. The Kier molecular flexibility index (Phi) is 6.48. The largest absolute Gasteiger partial charge is 0.491 e. The zero-order valence-electron chi connectivity index (χ0n) is 11.1. The minimum Gasteiger partial charge on any atom is -0.491 e. The standard InChI is InChI=1S/C13H15ClN2O5/c14-9-3-1-2-4-10(9)21-6-5-12(18)16(7-11(15)17)8-13(19)20/h1-4H,5-8H2,(H2,15,17)(H,19,20). The first-order chi connectivity index (χ1) is 9.90. The number of nitrogens with two attached hydrogens (primary N) is 1. The van der Waals surface area contributed by atoms with Gasteiger partial charge in [0.15, 0.2) is 0 Å². The highest BCUT2D eigenvalue weighted by atomic mass is 35.5. The number of carbonyl (C=O) groups is 3. The number of aliphatic carboxylic acids is 1. The number of para-hydroxylation sites is 1. The molecule has 0 heterocycles. The third-order valence-corrected chi connectivity index (χ3v) is 2.75. The molecule has 1 aromatic rings. The van der Waals surface area contributed by atoms with E-state index >= 15 is 0 Å². The summed E-state index contributed by atoms with van der Waals surface area (Å²) in [5, 5.41) is 9.10. The maximum absolute atomic E-state index is 11.8. The van der Waals surface area contributed by atoms with E-state index in [2.05, 4.69) is 0 Å². The van der Waals surface area contributed by atoms with Crippen LogP contribution < -0.4 is 10.5 Å². The minimum absolute atomic E-state index is 0.0114. The fourth-order valence-corrected chi connectivity index (χ4v) is 1.74. The van der Waals surface area contributed by atoms with E-state index in [1.54, 1.807) is 24.3 Å². The molecule has 0 spiro atoms. The Balaban J connectivity index is 2.51. The number of benzene rings is 1. The van der Waals surface area contributed by atoms with E-state index in [4.69, 9.17) is 27.2 Å². The molecule has 7 nitrogen and oxygen atoms in total. The lowest BCUT2D eigenvalue weighted by Crippen LogP contribution is -2.41. The second-order valence-electron chi connectivity index (χ2n) is 4.14. The summed E-state index contributed by atoms with van der Waals surface area (Å²) >= 11 is 5.88. The monoisotopic (exact) mass is 314 g/mol. The number of nitrogens with zero attached hydrogens (tertiary/aromatic N) is 1. The average Bonchev–Trinajstić information content (AvgIpc) is 2.39. The normalized spacial score (nSPS) is 9.95. The highest BCUT2D eigenvalue weighted by molar-refractivity contribution is 6.32. The Morgan fingerprint density at radius 3 is 2.48 bits per heavy atom. The number of carbonyl (C=O) groups excluding carboxylic acids is 2. The molecule has 0 aliphatic rings. The third kappa shape index (κ3) is 6.13. The van der Waals surface area contributed by atoms with Crippen LogP contribution in [0.3, 0.4) is 0 Å². The van der Waals surface area contributed by atoms with Gasteiger partial charge in [-0.3, -0.25) is 14.4 Å². The second-order valence-corrected chi connectivity index (χ2v) is 4.55. The molecule has 0 atom stereocenters. The summed E-state index contributed by atoms with van der Waals surface area (Å²) < 4.78 is 5.32. The fraction of sp³-hybridized carbons (Fsp3) is 0.308. The van der Waals surface area contributed by atoms with E-state index in [0.717, 1.165) is 4.90 Å². The van der Waals surface area contributed by atoms with Crippen LogP contribution in [0.5, 0.6) is 5.75 Å². The molecule has 1 rings (SSSR count). The van der Waals surface area contributed by atoms with Crippen LogP contribution in [0.2, 0.25) is 5.02 Å². The van der Waals surface area contributed by atoms with Gasteiger partial charge in [0.2, 0.25) is 11.8 Å². The van der Waals surface area contributed by atoms with E-state index in [9.17, 15) is 14.4 Å². The lowest BCUT2D eigenvalue weighted by molar-refractivity contribution is -0.145. The summed E-state index contributed by atoms with van der Waals surface area (Å²) in [6.07, 6.45) is -0.0915. The van der Waals surface area contributed by atoms with Crippen LogP contribution in [-0.2, 0) is 14.4 Å². The molecule has 3 N–H and O–H groups in total. The number of halogens is 1. The van der Waals surface area contributed by atoms with Crippen LogP contribution in [-0.4, -0.2) is 47.5 Å². The van der Waals surface area contributed by atoms with Gasteiger partial charge >= 0.3 is 5.97 Å². The van der Waals surface area contributed by atoms with Crippen molar-refractivity contribution in [3.8, 4) is 5.75 Å². The van der Waals surface area contributed by atoms with Gasteiger partial charge in [0, 0.05) is 0 Å². The van der Waals surface area contributed by atoms with Crippen molar-refractivity contribution in [1.29, 1.82) is 0 Å². The number of primary amides is 1. The Bertz CT molecular complexity index is 519.